The Hall–Kier alpha value is -7.21. The summed E-state index contributed by atoms with van der Waals surface area (Å²) in [5.74, 6) is -0.299. The number of thiazole rings is 1. The van der Waals surface area contributed by atoms with Crippen LogP contribution >= 0.6 is 11.3 Å². The maximum Gasteiger partial charge on any atom is 0.354 e. The number of carbonyl (C=O) groups excluding carboxylic acids is 3. The number of imide groups is 1. The second kappa shape index (κ2) is 21.1. The van der Waals surface area contributed by atoms with Gasteiger partial charge in [0.1, 0.15) is 18.2 Å². The highest BCUT2D eigenvalue weighted by atomic mass is 32.1. The Morgan fingerprint density at radius 1 is 0.822 bits per heavy atom. The number of carbonyl (C=O) groups is 4. The molecule has 3 N–H and O–H groups in total. The third kappa shape index (κ3) is 10.7. The molecule has 3 amide bonds. The molecule has 1 atom stereocenters. The van der Waals surface area contributed by atoms with Crippen LogP contribution in [0.4, 0.5) is 16.6 Å². The molecule has 7 heterocycles. The Balaban J connectivity index is 0.608. The molecule has 0 saturated carbocycles. The maximum absolute atomic E-state index is 13.6. The van der Waals surface area contributed by atoms with E-state index in [4.69, 9.17) is 9.84 Å². The molecule has 11 rings (SSSR count). The third-order valence-electron chi connectivity index (χ3n) is 15.3. The lowest BCUT2D eigenvalue weighted by atomic mass is 9.90. The van der Waals surface area contributed by atoms with Crippen molar-refractivity contribution in [2.24, 2.45) is 13.0 Å². The van der Waals surface area contributed by atoms with Crippen molar-refractivity contribution in [1.29, 1.82) is 0 Å². The summed E-state index contributed by atoms with van der Waals surface area (Å²) in [5.41, 5.74) is 8.02. The van der Waals surface area contributed by atoms with Gasteiger partial charge < -0.3 is 24.5 Å². The summed E-state index contributed by atoms with van der Waals surface area (Å²) in [6.07, 6.45) is 6.11. The quantitative estimate of drug-likeness (QED) is 0.0854. The predicted octanol–water partition coefficient (Wildman–Crippen LogP) is 7.66. The van der Waals surface area contributed by atoms with E-state index < -0.39 is 11.9 Å². The maximum atomic E-state index is 13.6. The van der Waals surface area contributed by atoms with Gasteiger partial charge in [0.05, 0.1) is 27.3 Å². The Morgan fingerprint density at radius 3 is 2.40 bits per heavy atom. The van der Waals surface area contributed by atoms with Crippen LogP contribution in [-0.2, 0) is 42.6 Å². The molecule has 73 heavy (non-hydrogen) atoms. The molecule has 3 aromatic heterocycles. The zero-order valence-corrected chi connectivity index (χ0v) is 41.9. The molecule has 7 aromatic rings. The number of carboxylic acid groups (broad SMARTS) is 1. The lowest BCUT2D eigenvalue weighted by Crippen LogP contribution is -2.49. The number of amides is 3. The molecular weight excluding hydrogens is 941 g/mol. The summed E-state index contributed by atoms with van der Waals surface area (Å²) in [7, 11) is 1.92. The molecule has 0 spiro atoms. The number of aromatic carboxylic acids is 1. The fourth-order valence-corrected chi connectivity index (χ4v) is 11.9. The zero-order valence-electron chi connectivity index (χ0n) is 41.1. The van der Waals surface area contributed by atoms with E-state index in [9.17, 15) is 24.3 Å². The third-order valence-corrected chi connectivity index (χ3v) is 16.2. The van der Waals surface area contributed by atoms with E-state index in [1.165, 1.54) is 35.4 Å². The molecule has 4 aromatic carbocycles. The van der Waals surface area contributed by atoms with Crippen LogP contribution in [0, 0.1) is 5.92 Å². The summed E-state index contributed by atoms with van der Waals surface area (Å²) in [4.78, 5) is 69.3. The number of aromatic nitrogens is 4. The molecule has 4 aliphatic heterocycles. The van der Waals surface area contributed by atoms with Crippen LogP contribution in [-0.4, -0.2) is 117 Å². The van der Waals surface area contributed by atoms with Crippen molar-refractivity contribution in [2.45, 2.75) is 64.0 Å². The van der Waals surface area contributed by atoms with E-state index in [1.807, 2.05) is 77.3 Å². The van der Waals surface area contributed by atoms with E-state index in [0.29, 0.717) is 66.1 Å². The van der Waals surface area contributed by atoms with Crippen molar-refractivity contribution < 1.29 is 29.0 Å². The molecule has 376 valence electrons. The minimum atomic E-state index is -1.12. The fraction of sp³-hybridized carbons (Fsp3) is 0.375. The fourth-order valence-electron chi connectivity index (χ4n) is 11.0. The molecule has 3 fully saturated rings. The van der Waals surface area contributed by atoms with E-state index in [1.54, 1.807) is 6.07 Å². The summed E-state index contributed by atoms with van der Waals surface area (Å²) < 4.78 is 8.98. The standard InChI is InChI=1S/C56H60N10O6S/c1-62-47-33-40(14-17-43(47)52(61-62)44-18-20-50(67)59-54(44)69)65-31-29-64(30-32-65)28-27-63-24-21-37(22-25-63)10-9-36-11-15-41(16-12-36)72-35-39-13-19-49(58-51(39)55(70)71)66-26-23-38-5-4-6-42(45(38)34-66)53(68)60-56-57-46-7-2-3-8-48(46)73-56/h2-8,11-17,19,33,37,44H,9-10,18,20-32,34-35H2,1H3,(H,70,71)(H,57,60,68)(H,59,67,69). The van der Waals surface area contributed by atoms with Gasteiger partial charge in [0.2, 0.25) is 11.8 Å². The number of anilines is 3. The van der Waals surface area contributed by atoms with E-state index >= 15 is 0 Å². The molecular formula is C56H60N10O6S. The monoisotopic (exact) mass is 1000 g/mol. The van der Waals surface area contributed by atoms with Crippen LogP contribution in [0.15, 0.2) is 97.1 Å². The predicted molar refractivity (Wildman–Crippen MR) is 283 cm³/mol. The second-order valence-electron chi connectivity index (χ2n) is 19.8. The average Bonchev–Trinajstić information content (AvgIpc) is 3.98. The number of pyridine rings is 1. The van der Waals surface area contributed by atoms with E-state index in [2.05, 4.69) is 65.6 Å². The van der Waals surface area contributed by atoms with Gasteiger partial charge in [-0.1, -0.05) is 47.7 Å². The number of hydrogen-bond acceptors (Lipinski definition) is 13. The highest BCUT2D eigenvalue weighted by Crippen LogP contribution is 2.34. The van der Waals surface area contributed by atoms with Gasteiger partial charge in [-0.15, -0.1) is 0 Å². The van der Waals surface area contributed by atoms with Crippen molar-refractivity contribution in [3.05, 3.63) is 136 Å². The number of rotatable bonds is 15. The first kappa shape index (κ1) is 48.1. The molecule has 4 aliphatic rings. The van der Waals surface area contributed by atoms with Crippen molar-refractivity contribution >= 4 is 72.8 Å². The number of fused-ring (bicyclic) bond motifs is 3. The largest absolute Gasteiger partial charge is 0.489 e. The molecule has 16 nitrogen and oxygen atoms in total. The van der Waals surface area contributed by atoms with Gasteiger partial charge in [-0.3, -0.25) is 34.6 Å². The Kier molecular flexibility index (Phi) is 13.9. The molecule has 3 saturated heterocycles. The molecule has 1 unspecified atom stereocenters. The number of piperidine rings is 2. The van der Waals surface area contributed by atoms with Crippen molar-refractivity contribution in [1.82, 2.24) is 34.9 Å². The summed E-state index contributed by atoms with van der Waals surface area (Å²) in [5, 5.41) is 21.9. The van der Waals surface area contributed by atoms with Crippen molar-refractivity contribution in [3.63, 3.8) is 0 Å². The minimum Gasteiger partial charge on any atom is -0.489 e. The van der Waals surface area contributed by atoms with E-state index in [0.717, 1.165) is 103 Å². The summed E-state index contributed by atoms with van der Waals surface area (Å²) >= 11 is 1.44. The number of aryl methyl sites for hydroxylation is 2. The van der Waals surface area contributed by atoms with Crippen molar-refractivity contribution in [2.75, 3.05) is 74.0 Å². The van der Waals surface area contributed by atoms with Crippen LogP contribution in [0.25, 0.3) is 21.1 Å². The number of nitrogens with one attached hydrogen (secondary N) is 2. The van der Waals surface area contributed by atoms with E-state index in [-0.39, 0.29) is 30.0 Å². The smallest absolute Gasteiger partial charge is 0.354 e. The lowest BCUT2D eigenvalue weighted by Gasteiger charge is -2.38. The number of ether oxygens (including phenoxy) is 1. The SMILES string of the molecule is Cn1nc(C2CCC(=O)NC2=O)c2ccc(N3CCN(CCN4CCC(CCc5ccc(OCc6ccc(N7CCc8cccc(C(=O)Nc9nc%10ccccc%10s9)c8C7)nc6C(=O)O)cc5)CC4)CC3)cc21. The highest BCUT2D eigenvalue weighted by Gasteiger charge is 2.32. The van der Waals surface area contributed by atoms with Crippen LogP contribution in [0.3, 0.4) is 0 Å². The van der Waals surface area contributed by atoms with Gasteiger partial charge in [-0.05, 0) is 135 Å². The first-order chi connectivity index (χ1) is 35.6. The molecule has 17 heteroatoms. The Labute approximate surface area is 428 Å². The normalized spacial score (nSPS) is 18.0. The Bertz CT molecular complexity index is 3160. The average molecular weight is 1000 g/mol. The highest BCUT2D eigenvalue weighted by molar-refractivity contribution is 7.22. The number of nitrogens with zero attached hydrogens (tertiary/aromatic N) is 8. The Morgan fingerprint density at radius 2 is 1.62 bits per heavy atom. The number of piperazine rings is 1. The number of likely N-dealkylation sites (tertiary alicyclic amines) is 1. The summed E-state index contributed by atoms with van der Waals surface area (Å²) in [6.45, 7) is 9.53. The zero-order chi connectivity index (χ0) is 50.0. The molecule has 0 aliphatic carbocycles. The lowest BCUT2D eigenvalue weighted by molar-refractivity contribution is -0.134. The minimum absolute atomic E-state index is 0.0478. The van der Waals surface area contributed by atoms with Crippen LogP contribution in [0.5, 0.6) is 5.75 Å². The topological polar surface area (TPSA) is 178 Å². The van der Waals surface area contributed by atoms with Crippen LogP contribution in [0.2, 0.25) is 0 Å². The van der Waals surface area contributed by atoms with Gasteiger partial charge in [-0.25, -0.2) is 14.8 Å². The molecule has 0 bridgehead atoms. The van der Waals surface area contributed by atoms with Gasteiger partial charge in [-0.2, -0.15) is 5.10 Å². The second-order valence-corrected chi connectivity index (χ2v) is 20.9. The van der Waals surface area contributed by atoms with Gasteiger partial charge in [0.25, 0.3) is 5.91 Å². The molecule has 0 radical (unpaired) electrons. The van der Waals surface area contributed by atoms with Crippen LogP contribution in [0.1, 0.15) is 86.8 Å². The number of benzene rings is 4. The number of para-hydroxylation sites is 1. The van der Waals surface area contributed by atoms with Crippen molar-refractivity contribution in [3.8, 4) is 5.75 Å². The first-order valence-electron chi connectivity index (χ1n) is 25.6. The van der Waals surface area contributed by atoms with Crippen LogP contribution < -0.4 is 25.2 Å². The number of carboxylic acids is 1. The first-order valence-corrected chi connectivity index (χ1v) is 26.4. The summed E-state index contributed by atoms with van der Waals surface area (Å²) in [6, 6.07) is 31.8. The van der Waals surface area contributed by atoms with Gasteiger partial charge in [0, 0.05) is 88.0 Å². The van der Waals surface area contributed by atoms with Gasteiger partial charge >= 0.3 is 5.97 Å². The number of hydrogen-bond donors (Lipinski definition) is 3. The van der Waals surface area contributed by atoms with Gasteiger partial charge in [0.15, 0.2) is 10.8 Å².